The minimum atomic E-state index is -0.479. The monoisotopic (exact) mass is 420 g/mol. The Hall–Kier alpha value is -4.15. The molecule has 2 aromatic heterocycles. The molecule has 0 N–H and O–H groups in total. The number of fused-ring (bicyclic) bond motifs is 1. The number of hydrogen-bond acceptors (Lipinski definition) is 8. The van der Waals surface area contributed by atoms with Gasteiger partial charge in [-0.1, -0.05) is 17.3 Å². The van der Waals surface area contributed by atoms with Crippen molar-refractivity contribution in [2.45, 2.75) is 0 Å². The SMILES string of the molecule is O=[N+]([O-])c1c(N2CCN(c3ccc(F)cc3)CC2)ncnc1-n1nnc2ccccc21. The van der Waals surface area contributed by atoms with Crippen molar-refractivity contribution in [2.24, 2.45) is 0 Å². The summed E-state index contributed by atoms with van der Waals surface area (Å²) in [4.78, 5) is 23.9. The molecule has 0 amide bonds. The van der Waals surface area contributed by atoms with Crippen LogP contribution in [-0.4, -0.2) is 56.1 Å². The summed E-state index contributed by atoms with van der Waals surface area (Å²) in [7, 11) is 0. The maximum Gasteiger partial charge on any atom is 0.355 e. The number of rotatable bonds is 4. The zero-order valence-electron chi connectivity index (χ0n) is 16.3. The van der Waals surface area contributed by atoms with Gasteiger partial charge in [0, 0.05) is 31.9 Å². The molecule has 0 bridgehead atoms. The molecule has 156 valence electrons. The minimum absolute atomic E-state index is 0.0738. The molecule has 0 atom stereocenters. The summed E-state index contributed by atoms with van der Waals surface area (Å²) in [6.07, 6.45) is 1.31. The maximum atomic E-state index is 13.2. The van der Waals surface area contributed by atoms with Gasteiger partial charge in [-0.25, -0.2) is 14.4 Å². The summed E-state index contributed by atoms with van der Waals surface area (Å²) in [5.41, 5.74) is 1.93. The first-order valence-electron chi connectivity index (χ1n) is 9.67. The average Bonchev–Trinajstić information content (AvgIpc) is 3.23. The molecule has 1 aliphatic rings. The van der Waals surface area contributed by atoms with Crippen LogP contribution < -0.4 is 9.80 Å². The molecule has 0 saturated carbocycles. The predicted molar refractivity (Wildman–Crippen MR) is 112 cm³/mol. The number of piperazine rings is 1. The normalized spacial score (nSPS) is 14.2. The van der Waals surface area contributed by atoms with E-state index in [4.69, 9.17) is 0 Å². The summed E-state index contributed by atoms with van der Waals surface area (Å²) in [5, 5.41) is 20.2. The molecule has 1 saturated heterocycles. The summed E-state index contributed by atoms with van der Waals surface area (Å²) in [6, 6.07) is 13.5. The quantitative estimate of drug-likeness (QED) is 0.366. The van der Waals surface area contributed by atoms with Gasteiger partial charge >= 0.3 is 5.69 Å². The lowest BCUT2D eigenvalue weighted by molar-refractivity contribution is -0.384. The van der Waals surface area contributed by atoms with E-state index in [0.29, 0.717) is 37.2 Å². The summed E-state index contributed by atoms with van der Waals surface area (Å²) >= 11 is 0. The van der Waals surface area contributed by atoms with Crippen molar-refractivity contribution < 1.29 is 9.31 Å². The van der Waals surface area contributed by atoms with E-state index in [1.54, 1.807) is 24.3 Å². The highest BCUT2D eigenvalue weighted by atomic mass is 19.1. The second-order valence-corrected chi connectivity index (χ2v) is 7.07. The summed E-state index contributed by atoms with van der Waals surface area (Å²) in [6.45, 7) is 2.28. The van der Waals surface area contributed by atoms with Gasteiger partial charge < -0.3 is 9.80 Å². The molecule has 10 nitrogen and oxygen atoms in total. The van der Waals surface area contributed by atoms with E-state index in [-0.39, 0.29) is 23.1 Å². The van der Waals surface area contributed by atoms with Crippen LogP contribution in [0.1, 0.15) is 0 Å². The van der Waals surface area contributed by atoms with E-state index in [0.717, 1.165) is 5.69 Å². The molecule has 31 heavy (non-hydrogen) atoms. The highest BCUT2D eigenvalue weighted by Gasteiger charge is 2.31. The largest absolute Gasteiger partial charge is 0.368 e. The zero-order valence-corrected chi connectivity index (χ0v) is 16.3. The highest BCUT2D eigenvalue weighted by Crippen LogP contribution is 2.32. The third-order valence-electron chi connectivity index (χ3n) is 5.29. The van der Waals surface area contributed by atoms with Crippen molar-refractivity contribution in [1.29, 1.82) is 0 Å². The summed E-state index contributed by atoms with van der Waals surface area (Å²) < 4.78 is 14.6. The fourth-order valence-electron chi connectivity index (χ4n) is 3.76. The maximum absolute atomic E-state index is 13.2. The van der Waals surface area contributed by atoms with Crippen molar-refractivity contribution in [3.05, 3.63) is 70.8 Å². The molecule has 0 radical (unpaired) electrons. The van der Waals surface area contributed by atoms with Crippen LogP contribution >= 0.6 is 0 Å². The Balaban J connectivity index is 1.47. The van der Waals surface area contributed by atoms with Crippen molar-refractivity contribution in [2.75, 3.05) is 36.0 Å². The molecule has 0 unspecified atom stereocenters. The van der Waals surface area contributed by atoms with Crippen LogP contribution in [-0.2, 0) is 0 Å². The Morgan fingerprint density at radius 3 is 2.32 bits per heavy atom. The van der Waals surface area contributed by atoms with Crippen LogP contribution in [0.2, 0.25) is 0 Å². The van der Waals surface area contributed by atoms with E-state index < -0.39 is 4.92 Å². The molecule has 4 aromatic rings. The lowest BCUT2D eigenvalue weighted by Crippen LogP contribution is -2.47. The van der Waals surface area contributed by atoms with Crippen LogP contribution in [0.4, 0.5) is 21.6 Å². The van der Waals surface area contributed by atoms with Gasteiger partial charge in [0.25, 0.3) is 0 Å². The molecule has 0 aliphatic carbocycles. The smallest absolute Gasteiger partial charge is 0.355 e. The molecule has 2 aromatic carbocycles. The Morgan fingerprint density at radius 1 is 0.903 bits per heavy atom. The van der Waals surface area contributed by atoms with Crippen LogP contribution in [0.15, 0.2) is 54.9 Å². The Kier molecular flexibility index (Phi) is 4.62. The van der Waals surface area contributed by atoms with Gasteiger partial charge in [-0.05, 0) is 36.4 Å². The second-order valence-electron chi connectivity index (χ2n) is 7.07. The number of nitro groups is 1. The molecular weight excluding hydrogens is 403 g/mol. The second kappa shape index (κ2) is 7.59. The standard InChI is InChI=1S/C20H17FN8O2/c21-14-5-7-15(8-6-14)26-9-11-27(12-10-26)19-18(29(30)31)20(23-13-22-19)28-17-4-2-1-3-16(17)24-25-28/h1-8,13H,9-12H2. The predicted octanol–water partition coefficient (Wildman–Crippen LogP) is 2.58. The molecule has 5 rings (SSSR count). The fraction of sp³-hybridized carbons (Fsp3) is 0.200. The average molecular weight is 420 g/mol. The Morgan fingerprint density at radius 2 is 1.58 bits per heavy atom. The number of halogens is 1. The van der Waals surface area contributed by atoms with Gasteiger partial charge in [0.15, 0.2) is 0 Å². The molecular formula is C20H17FN8O2. The summed E-state index contributed by atoms with van der Waals surface area (Å²) in [5.74, 6) is 0.0326. The van der Waals surface area contributed by atoms with E-state index in [2.05, 4.69) is 25.2 Å². The third kappa shape index (κ3) is 3.39. The molecule has 11 heteroatoms. The topological polar surface area (TPSA) is 106 Å². The van der Waals surface area contributed by atoms with Crippen molar-refractivity contribution in [1.82, 2.24) is 25.0 Å². The van der Waals surface area contributed by atoms with Crippen LogP contribution in [0.3, 0.4) is 0 Å². The van der Waals surface area contributed by atoms with Crippen LogP contribution in [0, 0.1) is 15.9 Å². The van der Waals surface area contributed by atoms with Crippen molar-refractivity contribution >= 4 is 28.2 Å². The van der Waals surface area contributed by atoms with Gasteiger partial charge in [0.05, 0.1) is 10.4 Å². The molecule has 3 heterocycles. The Bertz CT molecular complexity index is 1250. The van der Waals surface area contributed by atoms with E-state index in [9.17, 15) is 14.5 Å². The van der Waals surface area contributed by atoms with E-state index >= 15 is 0 Å². The molecule has 1 aliphatic heterocycles. The van der Waals surface area contributed by atoms with Gasteiger partial charge in [0.2, 0.25) is 11.6 Å². The Labute approximate surface area is 175 Å². The first-order valence-corrected chi connectivity index (χ1v) is 9.67. The highest BCUT2D eigenvalue weighted by molar-refractivity contribution is 5.78. The lowest BCUT2D eigenvalue weighted by Gasteiger charge is -2.36. The van der Waals surface area contributed by atoms with Gasteiger partial charge in [0.1, 0.15) is 17.7 Å². The number of para-hydroxylation sites is 1. The number of anilines is 2. The number of hydrogen-bond donors (Lipinski definition) is 0. The van der Waals surface area contributed by atoms with Gasteiger partial charge in [-0.3, -0.25) is 10.1 Å². The first-order chi connectivity index (χ1) is 15.1. The minimum Gasteiger partial charge on any atom is -0.368 e. The van der Waals surface area contributed by atoms with Crippen LogP contribution in [0.5, 0.6) is 0 Å². The van der Waals surface area contributed by atoms with Gasteiger partial charge in [-0.2, -0.15) is 4.68 Å². The van der Waals surface area contributed by atoms with Crippen molar-refractivity contribution in [3.63, 3.8) is 0 Å². The molecule has 0 spiro atoms. The number of benzene rings is 2. The van der Waals surface area contributed by atoms with Gasteiger partial charge in [-0.15, -0.1) is 5.10 Å². The lowest BCUT2D eigenvalue weighted by atomic mass is 10.2. The fourth-order valence-corrected chi connectivity index (χ4v) is 3.76. The first kappa shape index (κ1) is 18.9. The number of nitrogens with zero attached hydrogens (tertiary/aromatic N) is 8. The third-order valence-corrected chi connectivity index (χ3v) is 5.29. The van der Waals surface area contributed by atoms with Crippen LogP contribution in [0.25, 0.3) is 16.9 Å². The molecule has 1 fully saturated rings. The number of aromatic nitrogens is 5. The van der Waals surface area contributed by atoms with E-state index in [1.165, 1.54) is 23.1 Å². The van der Waals surface area contributed by atoms with E-state index in [1.807, 2.05) is 17.0 Å². The zero-order chi connectivity index (χ0) is 21.4. The van der Waals surface area contributed by atoms with Crippen molar-refractivity contribution in [3.8, 4) is 5.82 Å².